The van der Waals surface area contributed by atoms with Gasteiger partial charge in [0.25, 0.3) is 0 Å². The molecule has 1 unspecified atom stereocenters. The van der Waals surface area contributed by atoms with Gasteiger partial charge in [0.15, 0.2) is 0 Å². The minimum Gasteiger partial charge on any atom is -0.496 e. The Morgan fingerprint density at radius 1 is 0.906 bits per heavy atom. The number of hydrogen-bond donors (Lipinski definition) is 2. The Labute approximate surface area is 193 Å². The van der Waals surface area contributed by atoms with Gasteiger partial charge in [-0.3, -0.25) is 0 Å². The summed E-state index contributed by atoms with van der Waals surface area (Å²) in [4.78, 5) is 0. The highest BCUT2D eigenvalue weighted by atomic mass is 16.5. The highest BCUT2D eigenvalue weighted by molar-refractivity contribution is 5.36. The lowest BCUT2D eigenvalue weighted by molar-refractivity contribution is 0.190. The van der Waals surface area contributed by atoms with Gasteiger partial charge in [0, 0.05) is 30.1 Å². The molecular weight excluding hydrogens is 392 g/mol. The first-order valence-corrected chi connectivity index (χ1v) is 12.0. The molecule has 0 aliphatic carbocycles. The molecule has 0 aromatic heterocycles. The van der Waals surface area contributed by atoms with Crippen molar-refractivity contribution in [1.82, 2.24) is 10.6 Å². The van der Waals surface area contributed by atoms with Gasteiger partial charge in [-0.05, 0) is 42.5 Å². The number of rotatable bonds is 9. The van der Waals surface area contributed by atoms with Gasteiger partial charge in [-0.1, -0.05) is 92.2 Å². The maximum atomic E-state index is 5.62. The molecule has 1 aliphatic rings. The number of nitrogens with one attached hydrogen (secondary N) is 2. The van der Waals surface area contributed by atoms with E-state index in [9.17, 15) is 0 Å². The Morgan fingerprint density at radius 3 is 2.16 bits per heavy atom. The molecule has 0 saturated carbocycles. The van der Waals surface area contributed by atoms with Crippen molar-refractivity contribution in [2.75, 3.05) is 13.7 Å². The van der Waals surface area contributed by atoms with Crippen molar-refractivity contribution in [3.8, 4) is 5.75 Å². The third-order valence-electron chi connectivity index (χ3n) is 6.85. The van der Waals surface area contributed by atoms with Gasteiger partial charge >= 0.3 is 0 Å². The second-order valence-electron chi connectivity index (χ2n) is 8.83. The molecule has 1 fully saturated rings. The van der Waals surface area contributed by atoms with E-state index in [-0.39, 0.29) is 0 Å². The molecule has 3 aromatic carbocycles. The zero-order valence-electron chi connectivity index (χ0n) is 19.3. The molecule has 0 amide bonds. The molecule has 3 nitrogen and oxygen atoms in total. The molecule has 2 N–H and O–H groups in total. The van der Waals surface area contributed by atoms with E-state index in [1.54, 1.807) is 7.11 Å². The van der Waals surface area contributed by atoms with Crippen molar-refractivity contribution in [2.24, 2.45) is 5.92 Å². The lowest BCUT2D eigenvalue weighted by atomic mass is 9.74. The van der Waals surface area contributed by atoms with Crippen molar-refractivity contribution in [1.29, 1.82) is 0 Å². The molecular formula is C29H36N2O. The third-order valence-corrected chi connectivity index (χ3v) is 6.85. The summed E-state index contributed by atoms with van der Waals surface area (Å²) < 4.78 is 5.62. The summed E-state index contributed by atoms with van der Waals surface area (Å²) in [7, 11) is 1.75. The van der Waals surface area contributed by atoms with E-state index in [0.29, 0.717) is 23.9 Å². The molecule has 3 heteroatoms. The number of methoxy groups -OCH3 is 1. The Bertz CT molecular complexity index is 902. The van der Waals surface area contributed by atoms with Crippen LogP contribution in [0.5, 0.6) is 5.75 Å². The fraction of sp³-hybridized carbons (Fsp3) is 0.379. The largest absolute Gasteiger partial charge is 0.496 e. The second kappa shape index (κ2) is 11.3. The van der Waals surface area contributed by atoms with E-state index in [4.69, 9.17) is 4.74 Å². The van der Waals surface area contributed by atoms with Gasteiger partial charge in [0.1, 0.15) is 5.75 Å². The standard InChI is InChI=1S/C29H36N2O/c1-3-12-24-19-20-30-29(28(24)31-21-25-17-10-11-18-26(25)32-2)27(22-13-6-4-7-14-22)23-15-8-5-9-16-23/h4-11,13-18,24,27-31H,3,12,19-21H2,1-2H3/t24?,28-,29-/m1/s1. The molecule has 4 rings (SSSR count). The Hall–Kier alpha value is -2.62. The first-order valence-electron chi connectivity index (χ1n) is 12.0. The van der Waals surface area contributed by atoms with Crippen LogP contribution in [0.15, 0.2) is 84.9 Å². The molecule has 1 aliphatic heterocycles. The van der Waals surface area contributed by atoms with Crippen molar-refractivity contribution in [2.45, 2.75) is 50.7 Å². The summed E-state index contributed by atoms with van der Waals surface area (Å²) in [5, 5.41) is 7.90. The van der Waals surface area contributed by atoms with Crippen LogP contribution < -0.4 is 15.4 Å². The van der Waals surface area contributed by atoms with Crippen LogP contribution in [0.4, 0.5) is 0 Å². The molecule has 1 saturated heterocycles. The van der Waals surface area contributed by atoms with Crippen LogP contribution in [-0.4, -0.2) is 25.7 Å². The molecule has 3 atom stereocenters. The number of hydrogen-bond acceptors (Lipinski definition) is 3. The number of piperidine rings is 1. The maximum Gasteiger partial charge on any atom is 0.123 e. The normalized spacial score (nSPS) is 20.9. The maximum absolute atomic E-state index is 5.62. The van der Waals surface area contributed by atoms with Gasteiger partial charge in [-0.25, -0.2) is 0 Å². The molecule has 0 radical (unpaired) electrons. The molecule has 32 heavy (non-hydrogen) atoms. The lowest BCUT2D eigenvalue weighted by Crippen LogP contribution is -2.58. The van der Waals surface area contributed by atoms with Crippen LogP contribution in [0, 0.1) is 5.92 Å². The quantitative estimate of drug-likeness (QED) is 0.454. The monoisotopic (exact) mass is 428 g/mol. The van der Waals surface area contributed by atoms with Gasteiger partial charge in [-0.2, -0.15) is 0 Å². The fourth-order valence-corrected chi connectivity index (χ4v) is 5.35. The van der Waals surface area contributed by atoms with E-state index >= 15 is 0 Å². The zero-order valence-corrected chi connectivity index (χ0v) is 19.3. The SMILES string of the molecule is CCCC1CCN[C@H](C(c2ccccc2)c2ccccc2)[C@@H]1NCc1ccccc1OC. The molecule has 168 valence electrons. The van der Waals surface area contributed by atoms with E-state index in [0.717, 1.165) is 18.8 Å². The molecule has 0 spiro atoms. The average Bonchev–Trinajstić information content (AvgIpc) is 2.85. The van der Waals surface area contributed by atoms with Gasteiger partial charge in [0.2, 0.25) is 0 Å². The van der Waals surface area contributed by atoms with Crippen molar-refractivity contribution in [3.63, 3.8) is 0 Å². The summed E-state index contributed by atoms with van der Waals surface area (Å²) in [6.45, 7) is 4.18. The summed E-state index contributed by atoms with van der Waals surface area (Å²) in [6.07, 6.45) is 3.67. The van der Waals surface area contributed by atoms with E-state index < -0.39 is 0 Å². The Balaban J connectivity index is 1.67. The molecule has 3 aromatic rings. The Morgan fingerprint density at radius 2 is 1.53 bits per heavy atom. The smallest absolute Gasteiger partial charge is 0.123 e. The van der Waals surface area contributed by atoms with E-state index in [1.165, 1.54) is 36.0 Å². The predicted octanol–water partition coefficient (Wildman–Crippen LogP) is 5.76. The van der Waals surface area contributed by atoms with Crippen LogP contribution in [0.1, 0.15) is 48.8 Å². The predicted molar refractivity (Wildman–Crippen MR) is 133 cm³/mol. The summed E-state index contributed by atoms with van der Waals surface area (Å²) in [5.41, 5.74) is 3.96. The van der Waals surface area contributed by atoms with Crippen molar-refractivity contribution >= 4 is 0 Å². The second-order valence-corrected chi connectivity index (χ2v) is 8.83. The number of para-hydroxylation sites is 1. The third kappa shape index (κ3) is 5.23. The topological polar surface area (TPSA) is 33.3 Å². The number of ether oxygens (including phenoxy) is 1. The molecule has 0 bridgehead atoms. The van der Waals surface area contributed by atoms with Crippen LogP contribution in [0.25, 0.3) is 0 Å². The van der Waals surface area contributed by atoms with Crippen LogP contribution >= 0.6 is 0 Å². The highest BCUT2D eigenvalue weighted by Gasteiger charge is 2.38. The Kier molecular flexibility index (Phi) is 7.97. The van der Waals surface area contributed by atoms with Gasteiger partial charge in [-0.15, -0.1) is 0 Å². The summed E-state index contributed by atoms with van der Waals surface area (Å²) in [6, 6.07) is 31.0. The first kappa shape index (κ1) is 22.6. The van der Waals surface area contributed by atoms with Crippen molar-refractivity contribution < 1.29 is 4.74 Å². The lowest BCUT2D eigenvalue weighted by Gasteiger charge is -2.44. The van der Waals surface area contributed by atoms with Crippen molar-refractivity contribution in [3.05, 3.63) is 102 Å². The average molecular weight is 429 g/mol. The van der Waals surface area contributed by atoms with E-state index in [1.807, 2.05) is 12.1 Å². The van der Waals surface area contributed by atoms with Crippen LogP contribution in [-0.2, 0) is 6.54 Å². The van der Waals surface area contributed by atoms with E-state index in [2.05, 4.69) is 90.4 Å². The van der Waals surface area contributed by atoms with Crippen LogP contribution in [0.2, 0.25) is 0 Å². The summed E-state index contributed by atoms with van der Waals surface area (Å²) in [5.74, 6) is 1.90. The van der Waals surface area contributed by atoms with Gasteiger partial charge in [0.05, 0.1) is 7.11 Å². The van der Waals surface area contributed by atoms with Gasteiger partial charge < -0.3 is 15.4 Å². The minimum atomic E-state index is 0.298. The highest BCUT2D eigenvalue weighted by Crippen LogP contribution is 2.35. The summed E-state index contributed by atoms with van der Waals surface area (Å²) >= 11 is 0. The zero-order chi connectivity index (χ0) is 22.2. The fourth-order valence-electron chi connectivity index (χ4n) is 5.35. The minimum absolute atomic E-state index is 0.298. The first-order chi connectivity index (χ1) is 15.8. The van der Waals surface area contributed by atoms with Crippen LogP contribution in [0.3, 0.4) is 0 Å². The molecule has 1 heterocycles. The number of benzene rings is 3.